The monoisotopic (exact) mass is 281 g/mol. The molecule has 6 heteroatoms. The maximum absolute atomic E-state index is 9.23. The standard InChI is InChI=1S/C14H24BNO4/c1-11(2)20-8-7-16(3)10-12-9-13(15(17)18)5-6-14(12)19-4/h5-6,9,11,17-18H,7-8,10H2,1-4H3. The van der Waals surface area contributed by atoms with Gasteiger partial charge in [0.25, 0.3) is 0 Å². The number of ether oxygens (including phenoxy) is 2. The second kappa shape index (κ2) is 8.27. The Hall–Kier alpha value is -1.08. The largest absolute Gasteiger partial charge is 0.496 e. The van der Waals surface area contributed by atoms with E-state index in [1.54, 1.807) is 25.3 Å². The van der Waals surface area contributed by atoms with Gasteiger partial charge in [-0.25, -0.2) is 0 Å². The second-order valence-corrected chi connectivity index (χ2v) is 5.10. The molecule has 0 radical (unpaired) electrons. The Morgan fingerprint density at radius 3 is 2.55 bits per heavy atom. The van der Waals surface area contributed by atoms with Crippen LogP contribution in [0.15, 0.2) is 18.2 Å². The van der Waals surface area contributed by atoms with Crippen LogP contribution in [-0.2, 0) is 11.3 Å². The van der Waals surface area contributed by atoms with Gasteiger partial charge in [0.2, 0.25) is 0 Å². The van der Waals surface area contributed by atoms with Gasteiger partial charge in [0.1, 0.15) is 5.75 Å². The molecule has 0 aliphatic heterocycles. The van der Waals surface area contributed by atoms with Gasteiger partial charge in [-0.05, 0) is 32.4 Å². The van der Waals surface area contributed by atoms with Crippen LogP contribution in [0.5, 0.6) is 5.75 Å². The minimum atomic E-state index is -1.46. The van der Waals surface area contributed by atoms with Crippen molar-refractivity contribution >= 4 is 12.6 Å². The van der Waals surface area contributed by atoms with Crippen molar-refractivity contribution in [3.05, 3.63) is 23.8 Å². The van der Waals surface area contributed by atoms with Gasteiger partial charge < -0.3 is 19.5 Å². The summed E-state index contributed by atoms with van der Waals surface area (Å²) >= 11 is 0. The highest BCUT2D eigenvalue weighted by Crippen LogP contribution is 2.18. The van der Waals surface area contributed by atoms with Crippen LogP contribution in [0.3, 0.4) is 0 Å². The second-order valence-electron chi connectivity index (χ2n) is 5.10. The first-order valence-corrected chi connectivity index (χ1v) is 6.77. The van der Waals surface area contributed by atoms with Gasteiger partial charge in [0.05, 0.1) is 19.8 Å². The average Bonchev–Trinajstić information content (AvgIpc) is 2.38. The highest BCUT2D eigenvalue weighted by atomic mass is 16.5. The highest BCUT2D eigenvalue weighted by molar-refractivity contribution is 6.58. The van der Waals surface area contributed by atoms with E-state index in [9.17, 15) is 10.0 Å². The molecule has 0 saturated carbocycles. The molecule has 1 aromatic carbocycles. The number of methoxy groups -OCH3 is 1. The first kappa shape index (κ1) is 17.0. The molecule has 20 heavy (non-hydrogen) atoms. The minimum Gasteiger partial charge on any atom is -0.496 e. The average molecular weight is 281 g/mol. The summed E-state index contributed by atoms with van der Waals surface area (Å²) in [7, 11) is 2.13. The number of hydrogen-bond acceptors (Lipinski definition) is 5. The summed E-state index contributed by atoms with van der Waals surface area (Å²) in [6.45, 7) is 6.14. The molecule has 0 saturated heterocycles. The molecule has 0 aromatic heterocycles. The Bertz CT molecular complexity index is 412. The minimum absolute atomic E-state index is 0.228. The van der Waals surface area contributed by atoms with Crippen LogP contribution < -0.4 is 10.2 Å². The van der Waals surface area contributed by atoms with E-state index in [0.717, 1.165) is 17.9 Å². The molecule has 1 aromatic rings. The van der Waals surface area contributed by atoms with Crippen LogP contribution in [0.1, 0.15) is 19.4 Å². The van der Waals surface area contributed by atoms with Crippen LogP contribution in [0, 0.1) is 0 Å². The maximum Gasteiger partial charge on any atom is 0.488 e. The summed E-state index contributed by atoms with van der Waals surface area (Å²) < 4.78 is 10.8. The van der Waals surface area contributed by atoms with E-state index >= 15 is 0 Å². The van der Waals surface area contributed by atoms with E-state index in [1.807, 2.05) is 20.9 Å². The normalized spacial score (nSPS) is 11.2. The Labute approximate surface area is 121 Å². The summed E-state index contributed by atoms with van der Waals surface area (Å²) in [5, 5.41) is 18.5. The zero-order chi connectivity index (χ0) is 15.1. The van der Waals surface area contributed by atoms with Crippen molar-refractivity contribution in [2.24, 2.45) is 0 Å². The van der Waals surface area contributed by atoms with Gasteiger partial charge in [-0.2, -0.15) is 0 Å². The molecule has 0 aliphatic carbocycles. The fraction of sp³-hybridized carbons (Fsp3) is 0.571. The molecule has 2 N–H and O–H groups in total. The van der Waals surface area contributed by atoms with Crippen LogP contribution in [0.25, 0.3) is 0 Å². The van der Waals surface area contributed by atoms with Gasteiger partial charge in [-0.1, -0.05) is 12.1 Å². The van der Waals surface area contributed by atoms with E-state index in [-0.39, 0.29) is 6.10 Å². The van der Waals surface area contributed by atoms with Gasteiger partial charge >= 0.3 is 7.12 Å². The quantitative estimate of drug-likeness (QED) is 0.668. The summed E-state index contributed by atoms with van der Waals surface area (Å²) in [5.74, 6) is 0.742. The van der Waals surface area contributed by atoms with Crippen LogP contribution in [0.4, 0.5) is 0 Å². The molecular formula is C14H24BNO4. The Kier molecular flexibility index (Phi) is 7.02. The smallest absolute Gasteiger partial charge is 0.488 e. The first-order chi connectivity index (χ1) is 9.43. The molecule has 0 amide bonds. The molecule has 0 unspecified atom stereocenters. The summed E-state index contributed by atoms with van der Waals surface area (Å²) in [6.07, 6.45) is 0.228. The van der Waals surface area contributed by atoms with Gasteiger partial charge in [-0.15, -0.1) is 0 Å². The van der Waals surface area contributed by atoms with Crippen molar-refractivity contribution < 1.29 is 19.5 Å². The lowest BCUT2D eigenvalue weighted by Crippen LogP contribution is -2.31. The van der Waals surface area contributed by atoms with Crippen molar-refractivity contribution in [2.75, 3.05) is 27.3 Å². The molecule has 0 atom stereocenters. The lowest BCUT2D eigenvalue weighted by Gasteiger charge is -2.19. The van der Waals surface area contributed by atoms with Crippen molar-refractivity contribution in [1.29, 1.82) is 0 Å². The molecule has 0 fully saturated rings. The van der Waals surface area contributed by atoms with E-state index in [2.05, 4.69) is 4.90 Å². The molecule has 0 aliphatic rings. The lowest BCUT2D eigenvalue weighted by molar-refractivity contribution is 0.0626. The fourth-order valence-corrected chi connectivity index (χ4v) is 1.90. The zero-order valence-corrected chi connectivity index (χ0v) is 12.7. The lowest BCUT2D eigenvalue weighted by atomic mass is 9.79. The van der Waals surface area contributed by atoms with Crippen LogP contribution >= 0.6 is 0 Å². The Morgan fingerprint density at radius 2 is 2.00 bits per heavy atom. The number of benzene rings is 1. The number of nitrogens with zero attached hydrogens (tertiary/aromatic N) is 1. The molecule has 112 valence electrons. The number of rotatable bonds is 8. The topological polar surface area (TPSA) is 62.2 Å². The number of hydrogen-bond donors (Lipinski definition) is 2. The predicted molar refractivity (Wildman–Crippen MR) is 80.2 cm³/mol. The molecule has 0 bridgehead atoms. The van der Waals surface area contributed by atoms with E-state index in [4.69, 9.17) is 9.47 Å². The van der Waals surface area contributed by atoms with Crippen LogP contribution in [-0.4, -0.2) is 55.5 Å². The molecular weight excluding hydrogens is 257 g/mol. The van der Waals surface area contributed by atoms with Crippen molar-refractivity contribution in [2.45, 2.75) is 26.5 Å². The van der Waals surface area contributed by atoms with E-state index in [0.29, 0.717) is 18.6 Å². The third-order valence-electron chi connectivity index (χ3n) is 2.97. The van der Waals surface area contributed by atoms with E-state index < -0.39 is 7.12 Å². The molecule has 0 spiro atoms. The highest BCUT2D eigenvalue weighted by Gasteiger charge is 2.14. The SMILES string of the molecule is COc1ccc(B(O)O)cc1CN(C)CCOC(C)C. The third kappa shape index (κ3) is 5.50. The third-order valence-corrected chi connectivity index (χ3v) is 2.97. The molecule has 5 nitrogen and oxygen atoms in total. The first-order valence-electron chi connectivity index (χ1n) is 6.77. The van der Waals surface area contributed by atoms with Gasteiger partial charge in [-0.3, -0.25) is 4.90 Å². The molecule has 0 heterocycles. The number of likely N-dealkylation sites (N-methyl/N-ethyl adjacent to an activating group) is 1. The predicted octanol–water partition coefficient (Wildman–Crippen LogP) is 0.232. The summed E-state index contributed by atoms with van der Waals surface area (Å²) in [6, 6.07) is 5.15. The van der Waals surface area contributed by atoms with Gasteiger partial charge in [0.15, 0.2) is 0 Å². The van der Waals surface area contributed by atoms with Crippen molar-refractivity contribution in [3.8, 4) is 5.75 Å². The van der Waals surface area contributed by atoms with E-state index in [1.165, 1.54) is 0 Å². The summed E-state index contributed by atoms with van der Waals surface area (Å²) in [5.41, 5.74) is 1.39. The Balaban J connectivity index is 2.66. The van der Waals surface area contributed by atoms with Crippen molar-refractivity contribution in [3.63, 3.8) is 0 Å². The molecule has 1 rings (SSSR count). The zero-order valence-electron chi connectivity index (χ0n) is 12.7. The van der Waals surface area contributed by atoms with Crippen molar-refractivity contribution in [1.82, 2.24) is 4.90 Å². The van der Waals surface area contributed by atoms with Crippen LogP contribution in [0.2, 0.25) is 0 Å². The fourth-order valence-electron chi connectivity index (χ4n) is 1.90. The summed E-state index contributed by atoms with van der Waals surface area (Å²) in [4.78, 5) is 2.10. The van der Waals surface area contributed by atoms with Gasteiger partial charge in [0, 0.05) is 18.7 Å². The maximum atomic E-state index is 9.23. The Morgan fingerprint density at radius 1 is 1.30 bits per heavy atom.